The molecule has 30 heavy (non-hydrogen) atoms. The maximum absolute atomic E-state index is 13.0. The first-order chi connectivity index (χ1) is 14.4. The van der Waals surface area contributed by atoms with E-state index >= 15 is 0 Å². The molecule has 1 N–H and O–H groups in total. The molecule has 0 atom stereocenters. The Morgan fingerprint density at radius 3 is 2.57 bits per heavy atom. The molecule has 0 bridgehead atoms. The number of rotatable bonds is 4. The number of anilines is 1. The number of carbonyl (C=O) groups is 1. The van der Waals surface area contributed by atoms with Crippen LogP contribution in [0.25, 0.3) is 11.4 Å². The molecule has 0 spiro atoms. The quantitative estimate of drug-likeness (QED) is 0.650. The molecule has 1 saturated heterocycles. The van der Waals surface area contributed by atoms with E-state index in [1.165, 1.54) is 0 Å². The third kappa shape index (κ3) is 4.25. The highest BCUT2D eigenvalue weighted by molar-refractivity contribution is 7.71. The van der Waals surface area contributed by atoms with E-state index in [-0.39, 0.29) is 12.5 Å². The van der Waals surface area contributed by atoms with E-state index in [1.54, 1.807) is 4.57 Å². The highest BCUT2D eigenvalue weighted by Crippen LogP contribution is 2.19. The highest BCUT2D eigenvalue weighted by atomic mass is 32.1. The van der Waals surface area contributed by atoms with Crippen LogP contribution in [0, 0.1) is 25.5 Å². The molecule has 0 saturated carbocycles. The number of hydrogen-bond donors (Lipinski definition) is 1. The Balaban J connectivity index is 1.45. The zero-order valence-corrected chi connectivity index (χ0v) is 18.2. The number of nitrogens with one attached hydrogen (secondary N) is 1. The topological polar surface area (TPSA) is 82.9 Å². The molecule has 3 aromatic rings. The summed E-state index contributed by atoms with van der Waals surface area (Å²) in [6, 6.07) is 10.0. The van der Waals surface area contributed by atoms with Crippen molar-refractivity contribution in [2.24, 2.45) is 0 Å². The van der Waals surface area contributed by atoms with E-state index in [9.17, 15) is 4.79 Å². The van der Waals surface area contributed by atoms with Gasteiger partial charge in [-0.25, -0.2) is 9.97 Å². The lowest BCUT2D eigenvalue weighted by Crippen LogP contribution is -2.50. The number of aromatic nitrogens is 5. The van der Waals surface area contributed by atoms with Crippen LogP contribution in [0.5, 0.6) is 0 Å². The summed E-state index contributed by atoms with van der Waals surface area (Å²) in [5, 5.41) is 7.17. The van der Waals surface area contributed by atoms with Crippen LogP contribution in [-0.2, 0) is 11.3 Å². The third-order valence-corrected chi connectivity index (χ3v) is 5.55. The first kappa shape index (κ1) is 20.2. The molecule has 2 aromatic heterocycles. The van der Waals surface area contributed by atoms with Gasteiger partial charge >= 0.3 is 0 Å². The maximum Gasteiger partial charge on any atom is 0.242 e. The minimum absolute atomic E-state index is 0.0381. The fourth-order valence-corrected chi connectivity index (χ4v) is 3.95. The molecule has 156 valence electrons. The SMILES string of the molecule is Cc1cccc(-c2n[nH]c(=S)n2CC(=O)N2CCN(c3cc(C)nc(C)n3)CC2)c1. The molecular weight excluding hydrogens is 398 g/mol. The average Bonchev–Trinajstić information content (AvgIpc) is 3.07. The fraction of sp³-hybridized carbons (Fsp3) is 0.381. The highest BCUT2D eigenvalue weighted by Gasteiger charge is 2.23. The van der Waals surface area contributed by atoms with Gasteiger partial charge in [0.15, 0.2) is 10.6 Å². The Hall–Kier alpha value is -3.07. The van der Waals surface area contributed by atoms with Gasteiger partial charge in [-0.2, -0.15) is 5.10 Å². The Morgan fingerprint density at radius 1 is 1.10 bits per heavy atom. The Bertz CT molecular complexity index is 1110. The minimum atomic E-state index is 0.0381. The molecule has 0 radical (unpaired) electrons. The van der Waals surface area contributed by atoms with Gasteiger partial charge in [0, 0.05) is 43.5 Å². The number of aryl methyl sites for hydroxylation is 3. The summed E-state index contributed by atoms with van der Waals surface area (Å²) in [5.74, 6) is 2.41. The molecule has 1 aromatic carbocycles. The molecule has 3 heterocycles. The standard InChI is InChI=1S/C21H25N7OS/c1-14-5-4-6-17(11-14)20-24-25-21(30)28(20)13-19(29)27-9-7-26(8-10-27)18-12-15(2)22-16(3)23-18/h4-6,11-12H,7-10,13H2,1-3H3,(H,25,30). The molecule has 4 rings (SSSR count). The number of nitrogens with zero attached hydrogens (tertiary/aromatic N) is 6. The van der Waals surface area contributed by atoms with Crippen LogP contribution in [0.1, 0.15) is 17.1 Å². The molecule has 9 heteroatoms. The Kier molecular flexibility index (Phi) is 5.63. The van der Waals surface area contributed by atoms with Crippen LogP contribution in [0.4, 0.5) is 5.82 Å². The summed E-state index contributed by atoms with van der Waals surface area (Å²) in [7, 11) is 0. The first-order valence-electron chi connectivity index (χ1n) is 9.98. The predicted molar refractivity (Wildman–Crippen MR) is 118 cm³/mol. The lowest BCUT2D eigenvalue weighted by molar-refractivity contribution is -0.132. The monoisotopic (exact) mass is 423 g/mol. The van der Waals surface area contributed by atoms with E-state index in [2.05, 4.69) is 25.1 Å². The molecule has 0 unspecified atom stereocenters. The summed E-state index contributed by atoms with van der Waals surface area (Å²) in [6.45, 7) is 8.84. The van der Waals surface area contributed by atoms with Gasteiger partial charge in [-0.05, 0) is 39.1 Å². The van der Waals surface area contributed by atoms with Crippen molar-refractivity contribution >= 4 is 23.9 Å². The zero-order valence-electron chi connectivity index (χ0n) is 17.4. The second-order valence-corrected chi connectivity index (χ2v) is 7.98. The maximum atomic E-state index is 13.0. The van der Waals surface area contributed by atoms with Crippen LogP contribution in [-0.4, -0.2) is 61.7 Å². The van der Waals surface area contributed by atoms with Crippen molar-refractivity contribution in [3.8, 4) is 11.4 Å². The van der Waals surface area contributed by atoms with Crippen molar-refractivity contribution in [3.63, 3.8) is 0 Å². The number of benzene rings is 1. The number of amides is 1. The van der Waals surface area contributed by atoms with Crippen molar-refractivity contribution in [2.75, 3.05) is 31.1 Å². The predicted octanol–water partition coefficient (Wildman–Crippen LogP) is 2.67. The molecule has 1 amide bonds. The Morgan fingerprint density at radius 2 is 1.87 bits per heavy atom. The lowest BCUT2D eigenvalue weighted by atomic mass is 10.1. The number of hydrogen-bond acceptors (Lipinski definition) is 6. The molecule has 1 aliphatic rings. The van der Waals surface area contributed by atoms with E-state index in [1.807, 2.05) is 56.0 Å². The summed E-state index contributed by atoms with van der Waals surface area (Å²) >= 11 is 5.38. The van der Waals surface area contributed by atoms with Gasteiger partial charge in [-0.3, -0.25) is 14.5 Å². The van der Waals surface area contributed by atoms with Gasteiger partial charge in [-0.1, -0.05) is 23.8 Å². The summed E-state index contributed by atoms with van der Waals surface area (Å²) < 4.78 is 2.22. The van der Waals surface area contributed by atoms with E-state index in [0.29, 0.717) is 23.7 Å². The third-order valence-electron chi connectivity index (χ3n) is 5.24. The van der Waals surface area contributed by atoms with Crippen LogP contribution in [0.2, 0.25) is 0 Å². The molecule has 8 nitrogen and oxygen atoms in total. The van der Waals surface area contributed by atoms with Gasteiger partial charge < -0.3 is 9.80 Å². The number of piperazine rings is 1. The summed E-state index contributed by atoms with van der Waals surface area (Å²) in [5.41, 5.74) is 3.02. The first-order valence-corrected chi connectivity index (χ1v) is 10.4. The molecule has 1 fully saturated rings. The van der Waals surface area contributed by atoms with Gasteiger partial charge in [-0.15, -0.1) is 0 Å². The lowest BCUT2D eigenvalue weighted by Gasteiger charge is -2.35. The van der Waals surface area contributed by atoms with E-state index in [0.717, 1.165) is 41.6 Å². The number of carbonyl (C=O) groups excluding carboxylic acids is 1. The van der Waals surface area contributed by atoms with Crippen LogP contribution >= 0.6 is 12.2 Å². The van der Waals surface area contributed by atoms with Crippen LogP contribution < -0.4 is 4.90 Å². The summed E-state index contributed by atoms with van der Waals surface area (Å²) in [4.78, 5) is 25.9. The van der Waals surface area contributed by atoms with Crippen LogP contribution in [0.15, 0.2) is 30.3 Å². The van der Waals surface area contributed by atoms with Gasteiger partial charge in [0.05, 0.1) is 0 Å². The van der Waals surface area contributed by atoms with Gasteiger partial charge in [0.2, 0.25) is 5.91 Å². The van der Waals surface area contributed by atoms with E-state index in [4.69, 9.17) is 12.2 Å². The Labute approximate surface area is 180 Å². The second kappa shape index (κ2) is 8.35. The number of H-pyrrole nitrogens is 1. The minimum Gasteiger partial charge on any atom is -0.353 e. The van der Waals surface area contributed by atoms with Crippen LogP contribution in [0.3, 0.4) is 0 Å². The fourth-order valence-electron chi connectivity index (χ4n) is 3.75. The second-order valence-electron chi connectivity index (χ2n) is 7.59. The largest absolute Gasteiger partial charge is 0.353 e. The van der Waals surface area contributed by atoms with Crippen molar-refractivity contribution in [1.82, 2.24) is 29.6 Å². The van der Waals surface area contributed by atoms with Gasteiger partial charge in [0.25, 0.3) is 0 Å². The molecule has 1 aliphatic heterocycles. The van der Waals surface area contributed by atoms with Crippen molar-refractivity contribution in [3.05, 3.63) is 52.2 Å². The number of aromatic amines is 1. The normalized spacial score (nSPS) is 14.2. The van der Waals surface area contributed by atoms with E-state index < -0.39 is 0 Å². The van der Waals surface area contributed by atoms with Crippen molar-refractivity contribution < 1.29 is 4.79 Å². The molecule has 0 aliphatic carbocycles. The van der Waals surface area contributed by atoms with Crippen molar-refractivity contribution in [1.29, 1.82) is 0 Å². The van der Waals surface area contributed by atoms with Gasteiger partial charge in [0.1, 0.15) is 18.2 Å². The van der Waals surface area contributed by atoms with Crippen molar-refractivity contribution in [2.45, 2.75) is 27.3 Å². The molecular formula is C21H25N7OS. The zero-order chi connectivity index (χ0) is 21.3. The average molecular weight is 424 g/mol. The smallest absolute Gasteiger partial charge is 0.242 e. The summed E-state index contributed by atoms with van der Waals surface area (Å²) in [6.07, 6.45) is 0.